The number of Topliss-reactive ketones (excluding diaryl/α,β-unsaturated/α-hetero) is 1. The molecule has 5 heteroatoms. The molecule has 0 fully saturated rings. The number of carboxylic acid groups (broad SMARTS) is 1. The number of hydrogen-bond acceptors (Lipinski definition) is 4. The van der Waals surface area contributed by atoms with Crippen molar-refractivity contribution in [1.29, 1.82) is 0 Å². The number of nitrogens with one attached hydrogen (secondary N) is 1. The van der Waals surface area contributed by atoms with Gasteiger partial charge in [-0.05, 0) is 18.9 Å². The Bertz CT molecular complexity index is 453. The van der Waals surface area contributed by atoms with Crippen LogP contribution in [-0.2, 0) is 11.2 Å². The Labute approximate surface area is 118 Å². The van der Waals surface area contributed by atoms with Crippen LogP contribution in [0.1, 0.15) is 36.2 Å². The first-order chi connectivity index (χ1) is 9.43. The zero-order valence-electron chi connectivity index (χ0n) is 11.8. The van der Waals surface area contributed by atoms with Crippen LogP contribution < -0.4 is 5.32 Å². The zero-order chi connectivity index (χ0) is 15.1. The molecule has 0 aliphatic rings. The fraction of sp³-hybridized carbons (Fsp3) is 0.467. The zero-order valence-corrected chi connectivity index (χ0v) is 11.8. The lowest BCUT2D eigenvalue weighted by Crippen LogP contribution is -2.41. The van der Waals surface area contributed by atoms with E-state index in [1.165, 1.54) is 0 Å². The molecule has 3 N–H and O–H groups in total. The van der Waals surface area contributed by atoms with E-state index in [-0.39, 0.29) is 18.7 Å². The monoisotopic (exact) mass is 279 g/mol. The maximum Gasteiger partial charge on any atom is 0.305 e. The lowest BCUT2D eigenvalue weighted by atomic mass is 9.99. The summed E-state index contributed by atoms with van der Waals surface area (Å²) in [6.07, 6.45) is -0.0597. The lowest BCUT2D eigenvalue weighted by Gasteiger charge is -2.17. The Hall–Kier alpha value is -1.72. The standard InChI is InChI=1S/C15H21NO4/c1-3-11-4-6-12(7-5-11)15(20)13(8-14(18)19)16-9-10(2)17/h4-7,10,13,16-17H,3,8-9H2,1-2H3,(H,18,19). The topological polar surface area (TPSA) is 86.6 Å². The number of aliphatic carboxylic acids is 1. The van der Waals surface area contributed by atoms with Gasteiger partial charge < -0.3 is 15.5 Å². The van der Waals surface area contributed by atoms with E-state index >= 15 is 0 Å². The molecule has 0 spiro atoms. The minimum atomic E-state index is -1.05. The van der Waals surface area contributed by atoms with Gasteiger partial charge in [-0.3, -0.25) is 9.59 Å². The second-order valence-electron chi connectivity index (χ2n) is 4.82. The Morgan fingerprint density at radius 3 is 2.30 bits per heavy atom. The summed E-state index contributed by atoms with van der Waals surface area (Å²) in [5, 5.41) is 20.9. The number of aliphatic hydroxyl groups is 1. The molecule has 0 saturated heterocycles. The molecule has 0 heterocycles. The van der Waals surface area contributed by atoms with E-state index in [4.69, 9.17) is 5.11 Å². The summed E-state index contributed by atoms with van der Waals surface area (Å²) in [6.45, 7) is 3.77. The second kappa shape index (κ2) is 7.77. The average Bonchev–Trinajstić information content (AvgIpc) is 2.42. The SMILES string of the molecule is CCc1ccc(C(=O)C(CC(=O)O)NCC(C)O)cc1. The highest BCUT2D eigenvalue weighted by molar-refractivity contribution is 6.01. The molecule has 20 heavy (non-hydrogen) atoms. The summed E-state index contributed by atoms with van der Waals surface area (Å²) in [7, 11) is 0. The number of carbonyl (C=O) groups excluding carboxylic acids is 1. The van der Waals surface area contributed by atoms with Crippen molar-refractivity contribution in [2.75, 3.05) is 6.54 Å². The Balaban J connectivity index is 2.81. The van der Waals surface area contributed by atoms with E-state index in [9.17, 15) is 14.7 Å². The highest BCUT2D eigenvalue weighted by atomic mass is 16.4. The number of hydrogen-bond donors (Lipinski definition) is 3. The second-order valence-corrected chi connectivity index (χ2v) is 4.82. The van der Waals surface area contributed by atoms with Crippen molar-refractivity contribution in [3.05, 3.63) is 35.4 Å². The molecular formula is C15H21NO4. The van der Waals surface area contributed by atoms with Crippen LogP contribution in [0.2, 0.25) is 0 Å². The molecule has 0 saturated carbocycles. The van der Waals surface area contributed by atoms with E-state index in [0.717, 1.165) is 12.0 Å². The molecule has 110 valence electrons. The number of ketones is 1. The maximum absolute atomic E-state index is 12.3. The van der Waals surface area contributed by atoms with Crippen LogP contribution in [0.3, 0.4) is 0 Å². The van der Waals surface area contributed by atoms with E-state index in [1.807, 2.05) is 19.1 Å². The van der Waals surface area contributed by atoms with Crippen LogP contribution >= 0.6 is 0 Å². The molecule has 0 amide bonds. The van der Waals surface area contributed by atoms with Gasteiger partial charge in [0.05, 0.1) is 18.6 Å². The van der Waals surface area contributed by atoms with Crippen molar-refractivity contribution in [1.82, 2.24) is 5.32 Å². The molecule has 2 atom stereocenters. The lowest BCUT2D eigenvalue weighted by molar-refractivity contribution is -0.137. The van der Waals surface area contributed by atoms with Gasteiger partial charge in [-0.1, -0.05) is 31.2 Å². The van der Waals surface area contributed by atoms with E-state index < -0.39 is 18.1 Å². The van der Waals surface area contributed by atoms with Crippen molar-refractivity contribution in [3.63, 3.8) is 0 Å². The van der Waals surface area contributed by atoms with Crippen molar-refractivity contribution < 1.29 is 19.8 Å². The molecule has 2 unspecified atom stereocenters. The number of benzene rings is 1. The van der Waals surface area contributed by atoms with Gasteiger partial charge in [0.1, 0.15) is 0 Å². The maximum atomic E-state index is 12.3. The molecule has 0 bridgehead atoms. The smallest absolute Gasteiger partial charge is 0.305 e. The number of aliphatic hydroxyl groups excluding tert-OH is 1. The van der Waals surface area contributed by atoms with Crippen LogP contribution in [0.5, 0.6) is 0 Å². The Morgan fingerprint density at radius 2 is 1.85 bits per heavy atom. The summed E-state index contributed by atoms with van der Waals surface area (Å²) in [5.74, 6) is -1.32. The van der Waals surface area contributed by atoms with Crippen molar-refractivity contribution in [2.45, 2.75) is 38.8 Å². The van der Waals surface area contributed by atoms with Crippen LogP contribution in [0.25, 0.3) is 0 Å². The molecule has 1 aromatic carbocycles. The molecule has 0 aromatic heterocycles. The highest BCUT2D eigenvalue weighted by Gasteiger charge is 2.22. The summed E-state index contributed by atoms with van der Waals surface area (Å²) >= 11 is 0. The summed E-state index contributed by atoms with van der Waals surface area (Å²) < 4.78 is 0. The van der Waals surface area contributed by atoms with Gasteiger partial charge in [0.15, 0.2) is 5.78 Å². The van der Waals surface area contributed by atoms with Gasteiger partial charge in [0.25, 0.3) is 0 Å². The Kier molecular flexibility index (Phi) is 6.35. The van der Waals surface area contributed by atoms with Gasteiger partial charge in [-0.2, -0.15) is 0 Å². The minimum Gasteiger partial charge on any atom is -0.481 e. The van der Waals surface area contributed by atoms with E-state index in [1.54, 1.807) is 19.1 Å². The van der Waals surface area contributed by atoms with Gasteiger partial charge in [-0.15, -0.1) is 0 Å². The quantitative estimate of drug-likeness (QED) is 0.623. The third-order valence-corrected chi connectivity index (χ3v) is 3.00. The molecule has 0 aliphatic heterocycles. The first kappa shape index (κ1) is 16.3. The number of carboxylic acids is 1. The summed E-state index contributed by atoms with van der Waals surface area (Å²) in [6, 6.07) is 6.31. The van der Waals surface area contributed by atoms with E-state index in [0.29, 0.717) is 5.56 Å². The number of carbonyl (C=O) groups is 2. The molecule has 1 aromatic rings. The third kappa shape index (κ3) is 5.11. The minimum absolute atomic E-state index is 0.177. The molecule has 1 rings (SSSR count). The largest absolute Gasteiger partial charge is 0.481 e. The van der Waals surface area contributed by atoms with Crippen LogP contribution in [0, 0.1) is 0 Å². The van der Waals surface area contributed by atoms with Crippen molar-refractivity contribution in [2.24, 2.45) is 0 Å². The van der Waals surface area contributed by atoms with Gasteiger partial charge >= 0.3 is 5.97 Å². The highest BCUT2D eigenvalue weighted by Crippen LogP contribution is 2.10. The average molecular weight is 279 g/mol. The van der Waals surface area contributed by atoms with Crippen LogP contribution in [0.15, 0.2) is 24.3 Å². The van der Waals surface area contributed by atoms with Crippen molar-refractivity contribution >= 4 is 11.8 Å². The van der Waals surface area contributed by atoms with Gasteiger partial charge in [0.2, 0.25) is 0 Å². The molecule has 0 radical (unpaired) electrons. The van der Waals surface area contributed by atoms with Gasteiger partial charge in [0, 0.05) is 12.1 Å². The van der Waals surface area contributed by atoms with Crippen molar-refractivity contribution in [3.8, 4) is 0 Å². The van der Waals surface area contributed by atoms with Crippen LogP contribution in [-0.4, -0.2) is 40.7 Å². The molecule has 5 nitrogen and oxygen atoms in total. The number of aryl methyl sites for hydroxylation is 1. The first-order valence-electron chi connectivity index (χ1n) is 6.70. The molecular weight excluding hydrogens is 258 g/mol. The predicted octanol–water partition coefficient (Wildman–Crippen LogP) is 1.25. The molecule has 0 aliphatic carbocycles. The van der Waals surface area contributed by atoms with Crippen LogP contribution in [0.4, 0.5) is 0 Å². The summed E-state index contributed by atoms with van der Waals surface area (Å²) in [4.78, 5) is 23.1. The fourth-order valence-electron chi connectivity index (χ4n) is 1.85. The summed E-state index contributed by atoms with van der Waals surface area (Å²) in [5.41, 5.74) is 1.60. The van der Waals surface area contributed by atoms with E-state index in [2.05, 4.69) is 5.32 Å². The predicted molar refractivity (Wildman–Crippen MR) is 75.9 cm³/mol. The number of rotatable bonds is 8. The van der Waals surface area contributed by atoms with Gasteiger partial charge in [-0.25, -0.2) is 0 Å². The normalized spacial score (nSPS) is 13.8. The Morgan fingerprint density at radius 1 is 1.25 bits per heavy atom. The first-order valence-corrected chi connectivity index (χ1v) is 6.70. The third-order valence-electron chi connectivity index (χ3n) is 3.00. The fourth-order valence-corrected chi connectivity index (χ4v) is 1.85.